The van der Waals surface area contributed by atoms with Gasteiger partial charge in [0.05, 0.1) is 6.54 Å². The molecule has 2 amide bonds. The molecule has 8 heteroatoms. The first-order chi connectivity index (χ1) is 13.4. The van der Waals surface area contributed by atoms with Crippen LogP contribution in [-0.4, -0.2) is 64.1 Å². The van der Waals surface area contributed by atoms with Gasteiger partial charge < -0.3 is 19.5 Å². The zero-order valence-corrected chi connectivity index (χ0v) is 16.0. The van der Waals surface area contributed by atoms with Crippen molar-refractivity contribution in [3.63, 3.8) is 0 Å². The molecule has 1 aromatic heterocycles. The fourth-order valence-corrected chi connectivity index (χ4v) is 3.99. The molecule has 2 aliphatic heterocycles. The van der Waals surface area contributed by atoms with Gasteiger partial charge in [-0.3, -0.25) is 4.79 Å². The summed E-state index contributed by atoms with van der Waals surface area (Å²) in [6.07, 6.45) is 1.82. The highest BCUT2D eigenvalue weighted by molar-refractivity contribution is 5.94. The van der Waals surface area contributed by atoms with Crippen molar-refractivity contribution in [2.45, 2.75) is 31.8 Å². The molecular formula is C20H23FN4O3. The summed E-state index contributed by atoms with van der Waals surface area (Å²) in [5.74, 6) is 0.0791. The lowest BCUT2D eigenvalue weighted by Gasteiger charge is -2.25. The average molecular weight is 386 g/mol. The number of amides is 2. The number of carbonyl (C=O) groups is 2. The SMILES string of the molecule is Cc1[nH]c(-c2ccc(F)cc2)nc1C(=O)N1CCCC2(CC1)CN(C)C(=O)O2. The van der Waals surface area contributed by atoms with Crippen LogP contribution in [0.4, 0.5) is 9.18 Å². The number of ether oxygens (including phenoxy) is 1. The number of benzene rings is 1. The van der Waals surface area contributed by atoms with E-state index in [1.54, 1.807) is 35.9 Å². The number of aryl methyl sites for hydroxylation is 1. The number of aromatic amines is 1. The highest BCUT2D eigenvalue weighted by Gasteiger charge is 2.44. The van der Waals surface area contributed by atoms with Gasteiger partial charge in [-0.15, -0.1) is 0 Å². The lowest BCUT2D eigenvalue weighted by Crippen LogP contribution is -2.37. The maximum atomic E-state index is 13.1. The zero-order valence-electron chi connectivity index (χ0n) is 16.0. The van der Waals surface area contributed by atoms with E-state index in [0.29, 0.717) is 43.3 Å². The van der Waals surface area contributed by atoms with Crippen LogP contribution >= 0.6 is 0 Å². The lowest BCUT2D eigenvalue weighted by molar-refractivity contribution is 0.0438. The minimum absolute atomic E-state index is 0.142. The van der Waals surface area contributed by atoms with E-state index in [2.05, 4.69) is 9.97 Å². The number of carbonyl (C=O) groups excluding carboxylic acids is 2. The summed E-state index contributed by atoms with van der Waals surface area (Å²) in [4.78, 5) is 35.8. The fraction of sp³-hybridized carbons (Fsp3) is 0.450. The largest absolute Gasteiger partial charge is 0.441 e. The summed E-state index contributed by atoms with van der Waals surface area (Å²) in [6.45, 7) is 3.47. The Balaban J connectivity index is 1.50. The standard InChI is InChI=1S/C20H23FN4O3/c1-13-16(23-17(22-13)14-4-6-15(21)7-5-14)18(26)25-10-3-8-20(9-11-25)12-24(2)19(27)28-20/h4-7H,3,8-12H2,1-2H3,(H,22,23). The Kier molecular flexibility index (Phi) is 4.56. The first-order valence-electron chi connectivity index (χ1n) is 9.43. The number of hydrogen-bond acceptors (Lipinski definition) is 4. The summed E-state index contributed by atoms with van der Waals surface area (Å²) in [7, 11) is 1.73. The monoisotopic (exact) mass is 386 g/mol. The lowest BCUT2D eigenvalue weighted by atomic mass is 9.95. The molecule has 1 spiro atoms. The number of hydrogen-bond donors (Lipinski definition) is 1. The van der Waals surface area contributed by atoms with Gasteiger partial charge in [0.1, 0.15) is 22.9 Å². The van der Waals surface area contributed by atoms with Crippen LogP contribution in [0.5, 0.6) is 0 Å². The highest BCUT2D eigenvalue weighted by atomic mass is 19.1. The molecule has 0 radical (unpaired) electrons. The predicted octanol–water partition coefficient (Wildman–Crippen LogP) is 2.97. The number of imidazole rings is 1. The summed E-state index contributed by atoms with van der Waals surface area (Å²) in [5, 5.41) is 0. The molecule has 1 atom stereocenters. The van der Waals surface area contributed by atoms with Crippen LogP contribution < -0.4 is 0 Å². The van der Waals surface area contributed by atoms with E-state index < -0.39 is 5.60 Å². The van der Waals surface area contributed by atoms with Crippen molar-refractivity contribution in [1.82, 2.24) is 19.8 Å². The van der Waals surface area contributed by atoms with Crippen molar-refractivity contribution in [2.24, 2.45) is 0 Å². The second-order valence-electron chi connectivity index (χ2n) is 7.62. The molecule has 0 saturated carbocycles. The normalized spacial score (nSPS) is 22.5. The summed E-state index contributed by atoms with van der Waals surface area (Å²) >= 11 is 0. The van der Waals surface area contributed by atoms with Gasteiger partial charge in [0, 0.05) is 37.8 Å². The topological polar surface area (TPSA) is 78.5 Å². The van der Waals surface area contributed by atoms with E-state index in [1.165, 1.54) is 12.1 Å². The molecule has 4 rings (SSSR count). The van der Waals surface area contributed by atoms with E-state index in [-0.39, 0.29) is 17.8 Å². The molecule has 1 unspecified atom stereocenters. The van der Waals surface area contributed by atoms with Gasteiger partial charge in [-0.25, -0.2) is 14.2 Å². The van der Waals surface area contributed by atoms with Gasteiger partial charge in [-0.2, -0.15) is 0 Å². The first kappa shape index (κ1) is 18.5. The number of H-pyrrole nitrogens is 1. The third kappa shape index (κ3) is 3.34. The molecule has 1 N–H and O–H groups in total. The number of aromatic nitrogens is 2. The van der Waals surface area contributed by atoms with Gasteiger partial charge in [-0.1, -0.05) is 0 Å². The Bertz CT molecular complexity index is 911. The maximum absolute atomic E-state index is 13.1. The van der Waals surface area contributed by atoms with Crippen molar-refractivity contribution >= 4 is 12.0 Å². The van der Waals surface area contributed by atoms with Crippen LogP contribution in [0.25, 0.3) is 11.4 Å². The second kappa shape index (κ2) is 6.92. The predicted molar refractivity (Wildman–Crippen MR) is 100 cm³/mol. The van der Waals surface area contributed by atoms with Crippen molar-refractivity contribution in [3.05, 3.63) is 41.5 Å². The van der Waals surface area contributed by atoms with Crippen molar-refractivity contribution in [1.29, 1.82) is 0 Å². The van der Waals surface area contributed by atoms with Crippen LogP contribution in [0.2, 0.25) is 0 Å². The maximum Gasteiger partial charge on any atom is 0.410 e. The fourth-order valence-electron chi connectivity index (χ4n) is 3.99. The van der Waals surface area contributed by atoms with Crippen LogP contribution in [0.1, 0.15) is 35.4 Å². The molecule has 2 saturated heterocycles. The van der Waals surface area contributed by atoms with E-state index in [4.69, 9.17) is 4.74 Å². The minimum Gasteiger partial charge on any atom is -0.441 e. The van der Waals surface area contributed by atoms with Gasteiger partial charge in [0.25, 0.3) is 5.91 Å². The Hall–Kier alpha value is -2.90. The molecule has 2 aromatic rings. The molecule has 7 nitrogen and oxygen atoms in total. The number of rotatable bonds is 2. The Morgan fingerprint density at radius 1 is 1.25 bits per heavy atom. The molecule has 28 heavy (non-hydrogen) atoms. The Labute approximate surface area is 162 Å². The number of likely N-dealkylation sites (N-methyl/N-ethyl adjacent to an activating group) is 1. The second-order valence-corrected chi connectivity index (χ2v) is 7.62. The van der Waals surface area contributed by atoms with Crippen molar-refractivity contribution in [2.75, 3.05) is 26.7 Å². The minimum atomic E-state index is -0.499. The van der Waals surface area contributed by atoms with E-state index in [1.807, 2.05) is 0 Å². The average Bonchev–Trinajstić information content (AvgIpc) is 3.09. The smallest absolute Gasteiger partial charge is 0.410 e. The van der Waals surface area contributed by atoms with Gasteiger partial charge in [0.15, 0.2) is 0 Å². The Morgan fingerprint density at radius 3 is 2.68 bits per heavy atom. The summed E-state index contributed by atoms with van der Waals surface area (Å²) in [6, 6.07) is 5.98. The molecule has 148 valence electrons. The zero-order chi connectivity index (χ0) is 19.9. The van der Waals surface area contributed by atoms with Crippen LogP contribution in [0.15, 0.2) is 24.3 Å². The summed E-state index contributed by atoms with van der Waals surface area (Å²) < 4.78 is 18.8. The third-order valence-electron chi connectivity index (χ3n) is 5.53. The molecule has 2 aliphatic rings. The molecule has 2 fully saturated rings. The molecule has 0 bridgehead atoms. The van der Waals surface area contributed by atoms with E-state index in [9.17, 15) is 14.0 Å². The number of nitrogens with zero attached hydrogens (tertiary/aromatic N) is 3. The van der Waals surface area contributed by atoms with Crippen LogP contribution in [-0.2, 0) is 4.74 Å². The van der Waals surface area contributed by atoms with E-state index >= 15 is 0 Å². The molecule has 3 heterocycles. The van der Waals surface area contributed by atoms with Gasteiger partial charge in [-0.05, 0) is 44.0 Å². The third-order valence-corrected chi connectivity index (χ3v) is 5.53. The quantitative estimate of drug-likeness (QED) is 0.861. The van der Waals surface area contributed by atoms with Crippen molar-refractivity contribution < 1.29 is 18.7 Å². The number of likely N-dealkylation sites (tertiary alicyclic amines) is 1. The number of halogens is 1. The first-order valence-corrected chi connectivity index (χ1v) is 9.43. The van der Waals surface area contributed by atoms with Gasteiger partial charge in [0.2, 0.25) is 0 Å². The highest BCUT2D eigenvalue weighted by Crippen LogP contribution is 2.33. The Morgan fingerprint density at radius 2 is 2.00 bits per heavy atom. The van der Waals surface area contributed by atoms with E-state index in [0.717, 1.165) is 18.4 Å². The molecule has 0 aliphatic carbocycles. The summed E-state index contributed by atoms with van der Waals surface area (Å²) in [5.41, 5.74) is 1.27. The van der Waals surface area contributed by atoms with Crippen LogP contribution in [0.3, 0.4) is 0 Å². The molecule has 1 aromatic carbocycles. The van der Waals surface area contributed by atoms with Gasteiger partial charge >= 0.3 is 6.09 Å². The number of nitrogens with one attached hydrogen (secondary N) is 1. The van der Waals surface area contributed by atoms with Crippen molar-refractivity contribution in [3.8, 4) is 11.4 Å². The molecular weight excluding hydrogens is 363 g/mol. The van der Waals surface area contributed by atoms with Crippen LogP contribution in [0, 0.1) is 12.7 Å².